The summed E-state index contributed by atoms with van der Waals surface area (Å²) in [6.07, 6.45) is -2.71. The van der Waals surface area contributed by atoms with E-state index in [-0.39, 0.29) is 17.8 Å². The van der Waals surface area contributed by atoms with E-state index in [0.717, 1.165) is 18.2 Å². The second kappa shape index (κ2) is 6.86. The molecule has 1 heterocycles. The molecule has 1 fully saturated rings. The molecule has 0 saturated carbocycles. The monoisotopic (exact) mass is 340 g/mol. The molecule has 1 aromatic carbocycles. The first kappa shape index (κ1) is 17.7. The summed E-state index contributed by atoms with van der Waals surface area (Å²) in [6, 6.07) is 4.14. The molecule has 1 atom stereocenters. The Kier molecular flexibility index (Phi) is 5.06. The highest BCUT2D eigenvalue weighted by Gasteiger charge is 2.33. The van der Waals surface area contributed by atoms with Gasteiger partial charge in [0, 0.05) is 6.08 Å². The van der Waals surface area contributed by atoms with Gasteiger partial charge in [-0.1, -0.05) is 26.0 Å². The Morgan fingerprint density at radius 3 is 2.42 bits per heavy atom. The van der Waals surface area contributed by atoms with Crippen LogP contribution in [-0.2, 0) is 20.5 Å². The van der Waals surface area contributed by atoms with Gasteiger partial charge in [-0.05, 0) is 29.7 Å². The third-order valence-corrected chi connectivity index (χ3v) is 3.20. The maximum atomic E-state index is 12.4. The molecule has 1 aliphatic heterocycles. The van der Waals surface area contributed by atoms with Gasteiger partial charge in [0.05, 0.1) is 5.56 Å². The highest BCUT2D eigenvalue weighted by molar-refractivity contribution is 6.07. The molecule has 24 heavy (non-hydrogen) atoms. The number of halogens is 3. The molecule has 0 aromatic heterocycles. The van der Waals surface area contributed by atoms with Gasteiger partial charge in [-0.2, -0.15) is 18.2 Å². The van der Waals surface area contributed by atoms with Crippen molar-refractivity contribution in [2.24, 2.45) is 10.9 Å². The SMILES string of the molecule is CC(C)[C@@H]1OC(=NC(=O)/C=C/c2ccc(C(F)(F)F)cc2)NC1=O. The fraction of sp³-hybridized carbons (Fsp3) is 0.312. The molecule has 1 saturated heterocycles. The number of carbonyl (C=O) groups excluding carboxylic acids is 2. The second-order valence-corrected chi connectivity index (χ2v) is 5.48. The first-order valence-electron chi connectivity index (χ1n) is 7.12. The smallest absolute Gasteiger partial charge is 0.416 e. The van der Waals surface area contributed by atoms with Crippen LogP contribution in [0.2, 0.25) is 0 Å². The Morgan fingerprint density at radius 2 is 1.92 bits per heavy atom. The number of nitrogens with one attached hydrogen (secondary N) is 1. The topological polar surface area (TPSA) is 67.8 Å². The molecule has 0 aliphatic carbocycles. The summed E-state index contributed by atoms with van der Waals surface area (Å²) in [7, 11) is 0. The molecule has 0 unspecified atom stereocenters. The maximum absolute atomic E-state index is 12.4. The molecule has 2 rings (SSSR count). The first-order valence-corrected chi connectivity index (χ1v) is 7.12. The highest BCUT2D eigenvalue weighted by atomic mass is 19.4. The lowest BCUT2D eigenvalue weighted by Gasteiger charge is -2.09. The van der Waals surface area contributed by atoms with E-state index < -0.39 is 23.8 Å². The molecular weight excluding hydrogens is 325 g/mol. The molecule has 1 N–H and O–H groups in total. The van der Waals surface area contributed by atoms with Gasteiger partial charge in [0.1, 0.15) is 0 Å². The average Bonchev–Trinajstić information content (AvgIpc) is 2.85. The number of hydrogen-bond donors (Lipinski definition) is 1. The Bertz CT molecular complexity index is 692. The van der Waals surface area contributed by atoms with E-state index in [2.05, 4.69) is 10.3 Å². The fourth-order valence-corrected chi connectivity index (χ4v) is 1.96. The molecule has 0 bridgehead atoms. The van der Waals surface area contributed by atoms with Gasteiger partial charge in [0.15, 0.2) is 6.10 Å². The number of amidine groups is 1. The fourth-order valence-electron chi connectivity index (χ4n) is 1.96. The normalized spacial score (nSPS) is 19.8. The van der Waals surface area contributed by atoms with Crippen molar-refractivity contribution in [2.45, 2.75) is 26.1 Å². The number of ether oxygens (including phenoxy) is 1. The van der Waals surface area contributed by atoms with Crippen LogP contribution >= 0.6 is 0 Å². The predicted octanol–water partition coefficient (Wildman–Crippen LogP) is 2.77. The van der Waals surface area contributed by atoms with Crippen molar-refractivity contribution in [2.75, 3.05) is 0 Å². The molecule has 128 valence electrons. The Hall–Kier alpha value is -2.64. The lowest BCUT2D eigenvalue weighted by atomic mass is 10.1. The lowest BCUT2D eigenvalue weighted by molar-refractivity contribution is -0.137. The minimum Gasteiger partial charge on any atom is -0.451 e. The third-order valence-electron chi connectivity index (χ3n) is 3.20. The van der Waals surface area contributed by atoms with Gasteiger partial charge in [-0.15, -0.1) is 0 Å². The molecule has 1 aliphatic rings. The van der Waals surface area contributed by atoms with Gasteiger partial charge < -0.3 is 4.74 Å². The molecule has 0 spiro atoms. The molecule has 0 radical (unpaired) electrons. The highest BCUT2D eigenvalue weighted by Crippen LogP contribution is 2.29. The minimum atomic E-state index is -4.41. The summed E-state index contributed by atoms with van der Waals surface area (Å²) in [4.78, 5) is 26.8. The number of carbonyl (C=O) groups is 2. The Balaban J connectivity index is 2.01. The molecule has 1 aromatic rings. The minimum absolute atomic E-state index is 0.0736. The standard InChI is InChI=1S/C16H15F3N2O3/c1-9(2)13-14(23)21-15(24-13)20-12(22)8-5-10-3-6-11(7-4-10)16(17,18)19/h3-9,13H,1-2H3,(H,20,21,22,23)/b8-5+/t13-/m0/s1. The number of aliphatic imine (C=N–C) groups is 1. The van der Waals surface area contributed by atoms with E-state index in [1.54, 1.807) is 13.8 Å². The second-order valence-electron chi connectivity index (χ2n) is 5.48. The number of benzene rings is 1. The van der Waals surface area contributed by atoms with E-state index in [4.69, 9.17) is 4.74 Å². The van der Waals surface area contributed by atoms with Crippen LogP contribution in [0, 0.1) is 5.92 Å². The largest absolute Gasteiger partial charge is 0.451 e. The first-order chi connectivity index (χ1) is 11.2. The number of nitrogens with zero attached hydrogens (tertiary/aromatic N) is 1. The molecular formula is C16H15F3N2O3. The van der Waals surface area contributed by atoms with Crippen LogP contribution in [0.4, 0.5) is 13.2 Å². The van der Waals surface area contributed by atoms with Gasteiger partial charge in [0.25, 0.3) is 11.8 Å². The zero-order chi connectivity index (χ0) is 17.9. The Morgan fingerprint density at radius 1 is 1.29 bits per heavy atom. The van der Waals surface area contributed by atoms with Crippen molar-refractivity contribution in [1.29, 1.82) is 0 Å². The zero-order valence-electron chi connectivity index (χ0n) is 12.9. The van der Waals surface area contributed by atoms with Crippen molar-refractivity contribution >= 4 is 23.9 Å². The summed E-state index contributed by atoms with van der Waals surface area (Å²) in [5.74, 6) is -1.15. The van der Waals surface area contributed by atoms with Gasteiger partial charge >= 0.3 is 12.2 Å². The predicted molar refractivity (Wildman–Crippen MR) is 80.8 cm³/mol. The van der Waals surface area contributed by atoms with Crippen LogP contribution < -0.4 is 5.32 Å². The van der Waals surface area contributed by atoms with Crippen LogP contribution in [-0.4, -0.2) is 23.9 Å². The van der Waals surface area contributed by atoms with E-state index in [0.29, 0.717) is 5.56 Å². The number of rotatable bonds is 3. The summed E-state index contributed by atoms with van der Waals surface area (Å²) in [5, 5.41) is 2.35. The maximum Gasteiger partial charge on any atom is 0.416 e. The summed E-state index contributed by atoms with van der Waals surface area (Å²) in [6.45, 7) is 3.58. The van der Waals surface area contributed by atoms with Crippen molar-refractivity contribution < 1.29 is 27.5 Å². The van der Waals surface area contributed by atoms with Crippen LogP contribution in [0.15, 0.2) is 35.3 Å². The lowest BCUT2D eigenvalue weighted by Crippen LogP contribution is -2.28. The van der Waals surface area contributed by atoms with E-state index in [9.17, 15) is 22.8 Å². The quantitative estimate of drug-likeness (QED) is 0.861. The number of amides is 2. The van der Waals surface area contributed by atoms with Crippen molar-refractivity contribution in [3.63, 3.8) is 0 Å². The van der Waals surface area contributed by atoms with Crippen LogP contribution in [0.25, 0.3) is 6.08 Å². The molecule has 2 amide bonds. The zero-order valence-corrected chi connectivity index (χ0v) is 12.9. The third kappa shape index (κ3) is 4.43. The number of hydrogen-bond acceptors (Lipinski definition) is 3. The molecule has 5 nitrogen and oxygen atoms in total. The van der Waals surface area contributed by atoms with Gasteiger partial charge in [-0.3, -0.25) is 14.9 Å². The van der Waals surface area contributed by atoms with Crippen LogP contribution in [0.5, 0.6) is 0 Å². The summed E-state index contributed by atoms with van der Waals surface area (Å²) < 4.78 is 42.5. The summed E-state index contributed by atoms with van der Waals surface area (Å²) >= 11 is 0. The van der Waals surface area contributed by atoms with Crippen molar-refractivity contribution in [3.05, 3.63) is 41.5 Å². The van der Waals surface area contributed by atoms with Crippen LogP contribution in [0.3, 0.4) is 0 Å². The van der Waals surface area contributed by atoms with Gasteiger partial charge in [-0.25, -0.2) is 0 Å². The molecule has 8 heteroatoms. The van der Waals surface area contributed by atoms with Crippen molar-refractivity contribution in [1.82, 2.24) is 5.32 Å². The average molecular weight is 340 g/mol. The van der Waals surface area contributed by atoms with E-state index >= 15 is 0 Å². The summed E-state index contributed by atoms with van der Waals surface area (Å²) in [5.41, 5.74) is -0.360. The van der Waals surface area contributed by atoms with Crippen LogP contribution in [0.1, 0.15) is 25.0 Å². The Labute approximate surface area is 136 Å². The van der Waals surface area contributed by atoms with Gasteiger partial charge in [0.2, 0.25) is 0 Å². The number of alkyl halides is 3. The van der Waals surface area contributed by atoms with Crippen molar-refractivity contribution in [3.8, 4) is 0 Å². The van der Waals surface area contributed by atoms with E-state index in [1.807, 2.05) is 0 Å². The van der Waals surface area contributed by atoms with E-state index in [1.165, 1.54) is 18.2 Å².